The number of carbonyl (C=O) groups excluding carboxylic acids is 1. The van der Waals surface area contributed by atoms with E-state index in [1.807, 2.05) is 0 Å². The number of rotatable bonds is 6. The highest BCUT2D eigenvalue weighted by Gasteiger charge is 2.18. The minimum Gasteiger partial charge on any atom is -0.479 e. The fraction of sp³-hybridized carbons (Fsp3) is 0.167. The van der Waals surface area contributed by atoms with Gasteiger partial charge in [-0.25, -0.2) is 9.18 Å². The summed E-state index contributed by atoms with van der Waals surface area (Å²) in [6.45, 7) is 1.34. The number of hydrogen-bond acceptors (Lipinski definition) is 6. The molecule has 0 aliphatic heterocycles. The summed E-state index contributed by atoms with van der Waals surface area (Å²) in [4.78, 5) is 16.1. The molecule has 0 N–H and O–H groups in total. The van der Waals surface area contributed by atoms with Gasteiger partial charge in [0.25, 0.3) is 5.89 Å². The van der Waals surface area contributed by atoms with Gasteiger partial charge in [0.1, 0.15) is 11.6 Å². The summed E-state index contributed by atoms with van der Waals surface area (Å²) >= 11 is 5.83. The second-order valence-corrected chi connectivity index (χ2v) is 5.78. The Kier molecular flexibility index (Phi) is 5.48. The first-order valence-electron chi connectivity index (χ1n) is 7.68. The number of aromatic nitrogens is 2. The van der Waals surface area contributed by atoms with Gasteiger partial charge in [-0.1, -0.05) is 16.8 Å². The van der Waals surface area contributed by atoms with E-state index in [4.69, 9.17) is 25.6 Å². The molecule has 1 atom stereocenters. The summed E-state index contributed by atoms with van der Waals surface area (Å²) in [7, 11) is 0. The van der Waals surface area contributed by atoms with Crippen molar-refractivity contribution in [1.29, 1.82) is 0 Å². The van der Waals surface area contributed by atoms with Crippen molar-refractivity contribution >= 4 is 17.6 Å². The smallest absolute Gasteiger partial charge is 0.347 e. The molecule has 3 aromatic rings. The Hall–Kier alpha value is -2.93. The maximum absolute atomic E-state index is 12.9. The molecular weight excluding hydrogens is 363 g/mol. The van der Waals surface area contributed by atoms with Crippen LogP contribution in [0.2, 0.25) is 5.02 Å². The van der Waals surface area contributed by atoms with Gasteiger partial charge in [-0.15, -0.1) is 0 Å². The SMILES string of the molecule is C[C@@H](Oc1ccc(F)cc1)C(=O)OCc1nc(-c2ccc(Cl)cc2)no1. The molecule has 2 aromatic carbocycles. The number of hydrogen-bond donors (Lipinski definition) is 0. The number of esters is 1. The molecular formula is C18H14ClFN2O4. The van der Waals surface area contributed by atoms with Crippen LogP contribution in [0.5, 0.6) is 5.75 Å². The lowest BCUT2D eigenvalue weighted by Crippen LogP contribution is -2.26. The van der Waals surface area contributed by atoms with Crippen LogP contribution in [-0.2, 0) is 16.1 Å². The molecule has 0 aliphatic rings. The molecule has 0 fully saturated rings. The Balaban J connectivity index is 1.54. The van der Waals surface area contributed by atoms with Gasteiger partial charge in [0, 0.05) is 10.6 Å². The van der Waals surface area contributed by atoms with Crippen molar-refractivity contribution < 1.29 is 23.2 Å². The topological polar surface area (TPSA) is 74.5 Å². The Morgan fingerprint density at radius 1 is 1.19 bits per heavy atom. The summed E-state index contributed by atoms with van der Waals surface area (Å²) in [6.07, 6.45) is -0.876. The summed E-state index contributed by atoms with van der Waals surface area (Å²) in [5.41, 5.74) is 0.726. The van der Waals surface area contributed by atoms with Crippen molar-refractivity contribution in [1.82, 2.24) is 10.1 Å². The van der Waals surface area contributed by atoms with Gasteiger partial charge in [-0.3, -0.25) is 0 Å². The fourth-order valence-corrected chi connectivity index (χ4v) is 2.17. The van der Waals surface area contributed by atoms with Crippen LogP contribution >= 0.6 is 11.6 Å². The number of nitrogens with zero attached hydrogens (tertiary/aromatic N) is 2. The Morgan fingerprint density at radius 2 is 1.88 bits per heavy atom. The molecule has 0 radical (unpaired) electrons. The highest BCUT2D eigenvalue weighted by Crippen LogP contribution is 2.19. The molecule has 1 heterocycles. The third-order valence-corrected chi connectivity index (χ3v) is 3.62. The largest absolute Gasteiger partial charge is 0.479 e. The highest BCUT2D eigenvalue weighted by molar-refractivity contribution is 6.30. The first-order valence-corrected chi connectivity index (χ1v) is 8.06. The molecule has 8 heteroatoms. The fourth-order valence-electron chi connectivity index (χ4n) is 2.05. The maximum Gasteiger partial charge on any atom is 0.347 e. The molecule has 0 bridgehead atoms. The standard InChI is InChI=1S/C18H14ClFN2O4/c1-11(25-15-8-6-14(20)7-9-15)18(23)24-10-16-21-17(22-26-16)12-2-4-13(19)5-3-12/h2-9,11H,10H2,1H3/t11-/m1/s1. The van der Waals surface area contributed by atoms with E-state index in [1.54, 1.807) is 24.3 Å². The first-order chi connectivity index (χ1) is 12.5. The number of ether oxygens (including phenoxy) is 2. The van der Waals surface area contributed by atoms with Crippen LogP contribution in [0.3, 0.4) is 0 Å². The van der Waals surface area contributed by atoms with Crippen molar-refractivity contribution in [2.45, 2.75) is 19.6 Å². The van der Waals surface area contributed by atoms with Crippen LogP contribution in [0.1, 0.15) is 12.8 Å². The van der Waals surface area contributed by atoms with Crippen LogP contribution in [-0.4, -0.2) is 22.2 Å². The van der Waals surface area contributed by atoms with Gasteiger partial charge >= 0.3 is 5.97 Å². The lowest BCUT2D eigenvalue weighted by molar-refractivity contribution is -0.153. The van der Waals surface area contributed by atoms with Gasteiger partial charge in [0.05, 0.1) is 0 Å². The molecule has 0 saturated heterocycles. The lowest BCUT2D eigenvalue weighted by Gasteiger charge is -2.13. The zero-order valence-electron chi connectivity index (χ0n) is 13.7. The van der Waals surface area contributed by atoms with E-state index in [0.29, 0.717) is 16.6 Å². The average molecular weight is 377 g/mol. The lowest BCUT2D eigenvalue weighted by atomic mass is 10.2. The summed E-state index contributed by atoms with van der Waals surface area (Å²) in [5, 5.41) is 4.43. The molecule has 0 spiro atoms. The third-order valence-electron chi connectivity index (χ3n) is 3.37. The molecule has 0 saturated carbocycles. The number of halogens is 2. The van der Waals surface area contributed by atoms with Crippen molar-refractivity contribution in [2.24, 2.45) is 0 Å². The Bertz CT molecular complexity index is 881. The maximum atomic E-state index is 12.9. The normalized spacial score (nSPS) is 11.8. The molecule has 0 unspecified atom stereocenters. The monoisotopic (exact) mass is 376 g/mol. The van der Waals surface area contributed by atoms with Crippen LogP contribution in [0, 0.1) is 5.82 Å². The van der Waals surface area contributed by atoms with Gasteiger partial charge in [0.2, 0.25) is 5.82 Å². The number of benzene rings is 2. The van der Waals surface area contributed by atoms with Crippen molar-refractivity contribution in [2.75, 3.05) is 0 Å². The molecule has 0 aliphatic carbocycles. The van der Waals surface area contributed by atoms with E-state index >= 15 is 0 Å². The highest BCUT2D eigenvalue weighted by atomic mass is 35.5. The predicted molar refractivity (Wildman–Crippen MR) is 91.0 cm³/mol. The second kappa shape index (κ2) is 7.97. The minimum atomic E-state index is -0.876. The van der Waals surface area contributed by atoms with Crippen LogP contribution in [0.4, 0.5) is 4.39 Å². The first kappa shape index (κ1) is 17.9. The van der Waals surface area contributed by atoms with Crippen LogP contribution < -0.4 is 4.74 Å². The van der Waals surface area contributed by atoms with E-state index in [2.05, 4.69) is 10.1 Å². The van der Waals surface area contributed by atoms with Gasteiger partial charge in [-0.2, -0.15) is 4.98 Å². The Morgan fingerprint density at radius 3 is 2.58 bits per heavy atom. The van der Waals surface area contributed by atoms with E-state index in [0.717, 1.165) is 5.56 Å². The van der Waals surface area contributed by atoms with Crippen molar-refractivity contribution in [3.05, 3.63) is 65.3 Å². The molecule has 26 heavy (non-hydrogen) atoms. The summed E-state index contributed by atoms with van der Waals surface area (Å²) in [6, 6.07) is 12.3. The molecule has 134 valence electrons. The Labute approximate surface area is 153 Å². The summed E-state index contributed by atoms with van der Waals surface area (Å²) in [5.74, 6) is -0.125. The van der Waals surface area contributed by atoms with E-state index in [-0.39, 0.29) is 18.3 Å². The summed E-state index contributed by atoms with van der Waals surface area (Å²) < 4.78 is 28.4. The molecule has 6 nitrogen and oxygen atoms in total. The zero-order chi connectivity index (χ0) is 18.5. The molecule has 1 aromatic heterocycles. The molecule has 0 amide bonds. The third kappa shape index (κ3) is 4.58. The van der Waals surface area contributed by atoms with E-state index < -0.39 is 12.1 Å². The van der Waals surface area contributed by atoms with Crippen LogP contribution in [0.15, 0.2) is 53.1 Å². The quantitative estimate of drug-likeness (QED) is 0.604. The van der Waals surface area contributed by atoms with Gasteiger partial charge in [0.15, 0.2) is 12.7 Å². The van der Waals surface area contributed by atoms with Crippen LogP contribution in [0.25, 0.3) is 11.4 Å². The average Bonchev–Trinajstić information content (AvgIpc) is 3.11. The zero-order valence-corrected chi connectivity index (χ0v) is 14.4. The minimum absolute atomic E-state index is 0.150. The predicted octanol–water partition coefficient (Wildman–Crippen LogP) is 4.04. The van der Waals surface area contributed by atoms with Gasteiger partial charge in [-0.05, 0) is 55.5 Å². The molecule has 3 rings (SSSR count). The van der Waals surface area contributed by atoms with Crippen molar-refractivity contribution in [3.8, 4) is 17.1 Å². The van der Waals surface area contributed by atoms with E-state index in [1.165, 1.54) is 31.2 Å². The van der Waals surface area contributed by atoms with Gasteiger partial charge < -0.3 is 14.0 Å². The number of carbonyl (C=O) groups is 1. The van der Waals surface area contributed by atoms with Crippen molar-refractivity contribution in [3.63, 3.8) is 0 Å². The van der Waals surface area contributed by atoms with E-state index in [9.17, 15) is 9.18 Å². The second-order valence-electron chi connectivity index (χ2n) is 5.34.